The number of carboxylic acid groups (broad SMARTS) is 1. The molecule has 1 fully saturated rings. The molecule has 2 amide bonds. The second kappa shape index (κ2) is 10.3. The van der Waals surface area contributed by atoms with E-state index < -0.39 is 17.5 Å². The Balaban J connectivity index is 1.42. The molecule has 0 heterocycles. The molecule has 0 unspecified atom stereocenters. The van der Waals surface area contributed by atoms with Gasteiger partial charge in [-0.1, -0.05) is 74.2 Å². The number of hydrogen-bond acceptors (Lipinski definition) is 4. The van der Waals surface area contributed by atoms with E-state index in [1.165, 1.54) is 11.9 Å². The monoisotopic (exact) mass is 464 g/mol. The van der Waals surface area contributed by atoms with Gasteiger partial charge in [0.1, 0.15) is 13.2 Å². The van der Waals surface area contributed by atoms with Crippen LogP contribution in [0.1, 0.15) is 55.6 Å². The highest BCUT2D eigenvalue weighted by molar-refractivity contribution is 5.86. The molecular formula is C27H32N2O5. The largest absolute Gasteiger partial charge is 0.480 e. The van der Waals surface area contributed by atoms with E-state index in [2.05, 4.69) is 29.6 Å². The lowest BCUT2D eigenvalue weighted by molar-refractivity contribution is -0.149. The summed E-state index contributed by atoms with van der Waals surface area (Å²) in [5.74, 6) is -1.31. The van der Waals surface area contributed by atoms with E-state index in [9.17, 15) is 14.4 Å². The number of nitrogens with zero attached hydrogens (tertiary/aromatic N) is 1. The summed E-state index contributed by atoms with van der Waals surface area (Å²) in [7, 11) is 1.51. The summed E-state index contributed by atoms with van der Waals surface area (Å²) in [6.45, 7) is -0.00226. The van der Waals surface area contributed by atoms with Crippen LogP contribution in [0.3, 0.4) is 0 Å². The lowest BCUT2D eigenvalue weighted by Gasteiger charge is -2.34. The van der Waals surface area contributed by atoms with Crippen LogP contribution in [-0.2, 0) is 14.3 Å². The van der Waals surface area contributed by atoms with Gasteiger partial charge in [-0.3, -0.25) is 9.59 Å². The molecule has 0 aromatic heterocycles. The average molecular weight is 465 g/mol. The molecule has 7 heteroatoms. The number of carbonyl (C=O) groups excluding carboxylic acids is 2. The normalized spacial score (nSPS) is 16.6. The molecule has 0 saturated heterocycles. The first-order valence-electron chi connectivity index (χ1n) is 12.0. The van der Waals surface area contributed by atoms with E-state index >= 15 is 0 Å². The number of alkyl carbamates (subject to hydrolysis) is 1. The van der Waals surface area contributed by atoms with Crippen LogP contribution in [0.25, 0.3) is 11.1 Å². The van der Waals surface area contributed by atoms with Gasteiger partial charge in [0.2, 0.25) is 5.91 Å². The Morgan fingerprint density at radius 1 is 0.971 bits per heavy atom. The third-order valence-corrected chi connectivity index (χ3v) is 7.15. The molecule has 1 saturated carbocycles. The Hall–Kier alpha value is -3.35. The smallest absolute Gasteiger partial charge is 0.407 e. The maximum absolute atomic E-state index is 13.2. The minimum Gasteiger partial charge on any atom is -0.480 e. The quantitative estimate of drug-likeness (QED) is 0.592. The first-order valence-corrected chi connectivity index (χ1v) is 12.0. The van der Waals surface area contributed by atoms with Crippen molar-refractivity contribution in [3.8, 4) is 11.1 Å². The highest BCUT2D eigenvalue weighted by Gasteiger charge is 2.41. The number of carbonyl (C=O) groups is 3. The number of benzene rings is 2. The lowest BCUT2D eigenvalue weighted by Crippen LogP contribution is -2.50. The molecule has 2 aromatic rings. The van der Waals surface area contributed by atoms with Crippen molar-refractivity contribution in [3.63, 3.8) is 0 Å². The van der Waals surface area contributed by atoms with Crippen LogP contribution in [-0.4, -0.2) is 54.7 Å². The van der Waals surface area contributed by atoms with Crippen molar-refractivity contribution >= 4 is 18.0 Å². The second-order valence-electron chi connectivity index (χ2n) is 9.43. The Morgan fingerprint density at radius 2 is 1.53 bits per heavy atom. The second-order valence-corrected chi connectivity index (χ2v) is 9.43. The van der Waals surface area contributed by atoms with Gasteiger partial charge >= 0.3 is 12.1 Å². The summed E-state index contributed by atoms with van der Waals surface area (Å²) in [4.78, 5) is 38.3. The first-order chi connectivity index (χ1) is 16.4. The molecule has 2 aromatic carbocycles. The summed E-state index contributed by atoms with van der Waals surface area (Å²) in [5.41, 5.74) is 3.81. The van der Waals surface area contributed by atoms with E-state index in [-0.39, 0.29) is 31.5 Å². The molecule has 2 aliphatic carbocycles. The van der Waals surface area contributed by atoms with Gasteiger partial charge < -0.3 is 20.1 Å². The van der Waals surface area contributed by atoms with Crippen LogP contribution in [0.4, 0.5) is 4.79 Å². The maximum atomic E-state index is 13.2. The van der Waals surface area contributed by atoms with Crippen molar-refractivity contribution in [2.75, 3.05) is 26.7 Å². The Morgan fingerprint density at radius 3 is 2.09 bits per heavy atom. The summed E-state index contributed by atoms with van der Waals surface area (Å²) < 4.78 is 5.64. The van der Waals surface area contributed by atoms with E-state index in [1.54, 1.807) is 0 Å². The number of ether oxygens (including phenoxy) is 1. The number of carboxylic acids is 1. The van der Waals surface area contributed by atoms with E-state index in [1.807, 2.05) is 24.3 Å². The van der Waals surface area contributed by atoms with Crippen molar-refractivity contribution in [3.05, 3.63) is 59.7 Å². The Bertz CT molecular complexity index is 1010. The summed E-state index contributed by atoms with van der Waals surface area (Å²) in [6, 6.07) is 16.3. The van der Waals surface area contributed by atoms with Gasteiger partial charge in [0.05, 0.1) is 5.41 Å². The van der Waals surface area contributed by atoms with Crippen LogP contribution in [0.5, 0.6) is 0 Å². The summed E-state index contributed by atoms with van der Waals surface area (Å²) in [5, 5.41) is 11.9. The van der Waals surface area contributed by atoms with Crippen LogP contribution >= 0.6 is 0 Å². The number of rotatable bonds is 7. The molecule has 34 heavy (non-hydrogen) atoms. The number of nitrogens with one attached hydrogen (secondary N) is 1. The fraction of sp³-hybridized carbons (Fsp3) is 0.444. The molecule has 0 radical (unpaired) electrons. The zero-order valence-corrected chi connectivity index (χ0v) is 19.6. The minimum atomic E-state index is -1.05. The summed E-state index contributed by atoms with van der Waals surface area (Å²) in [6.07, 6.45) is 4.50. The van der Waals surface area contributed by atoms with Gasteiger partial charge in [-0.15, -0.1) is 0 Å². The molecule has 2 N–H and O–H groups in total. The Labute approximate surface area is 200 Å². The topological polar surface area (TPSA) is 95.9 Å². The molecule has 2 aliphatic rings. The molecule has 180 valence electrons. The fourth-order valence-corrected chi connectivity index (χ4v) is 5.44. The standard InChI is InChI=1S/C27H32N2O5/c1-29(16-24(30)31)25(32)27(14-8-2-3-9-15-27)18-28-26(33)34-17-23-21-12-6-4-10-19(21)20-11-5-7-13-22(20)23/h4-7,10-13,23H,2-3,8-9,14-18H2,1H3,(H,28,33)(H,30,31). The minimum absolute atomic E-state index is 0.0340. The zero-order valence-electron chi connectivity index (χ0n) is 19.6. The SMILES string of the molecule is CN(CC(=O)O)C(=O)C1(CNC(=O)OCC2c3ccccc3-c3ccccc32)CCCCCC1. The molecular weight excluding hydrogens is 432 g/mol. The van der Waals surface area contributed by atoms with Gasteiger partial charge in [-0.2, -0.15) is 0 Å². The molecule has 0 atom stereocenters. The van der Waals surface area contributed by atoms with Crippen molar-refractivity contribution in [2.24, 2.45) is 5.41 Å². The molecule has 0 aliphatic heterocycles. The van der Waals surface area contributed by atoms with Gasteiger partial charge in [0.25, 0.3) is 0 Å². The number of likely N-dealkylation sites (N-methyl/N-ethyl adjacent to an activating group) is 1. The van der Waals surface area contributed by atoms with Crippen molar-refractivity contribution in [1.29, 1.82) is 0 Å². The summed E-state index contributed by atoms with van der Waals surface area (Å²) >= 11 is 0. The Kier molecular flexibility index (Phi) is 7.20. The van der Waals surface area contributed by atoms with E-state index in [4.69, 9.17) is 9.84 Å². The average Bonchev–Trinajstić information content (AvgIpc) is 2.96. The lowest BCUT2D eigenvalue weighted by atomic mass is 9.78. The molecule has 7 nitrogen and oxygen atoms in total. The van der Waals surface area contributed by atoms with Crippen molar-refractivity contribution < 1.29 is 24.2 Å². The highest BCUT2D eigenvalue weighted by Crippen LogP contribution is 2.44. The number of aliphatic carboxylic acids is 1. The van der Waals surface area contributed by atoms with Crippen LogP contribution in [0.15, 0.2) is 48.5 Å². The van der Waals surface area contributed by atoms with Crippen LogP contribution in [0.2, 0.25) is 0 Å². The van der Waals surface area contributed by atoms with Crippen molar-refractivity contribution in [2.45, 2.75) is 44.4 Å². The van der Waals surface area contributed by atoms with Crippen LogP contribution in [0, 0.1) is 5.41 Å². The highest BCUT2D eigenvalue weighted by atomic mass is 16.5. The predicted octanol–water partition coefficient (Wildman–Crippen LogP) is 4.41. The van der Waals surface area contributed by atoms with Gasteiger partial charge in [-0.05, 0) is 35.1 Å². The zero-order chi connectivity index (χ0) is 24.1. The predicted molar refractivity (Wildman–Crippen MR) is 128 cm³/mol. The number of fused-ring (bicyclic) bond motifs is 3. The van der Waals surface area contributed by atoms with Gasteiger partial charge in [0, 0.05) is 19.5 Å². The molecule has 4 rings (SSSR count). The molecule has 0 bridgehead atoms. The van der Waals surface area contributed by atoms with Gasteiger partial charge in [-0.25, -0.2) is 4.79 Å². The van der Waals surface area contributed by atoms with E-state index in [0.29, 0.717) is 12.8 Å². The first kappa shape index (κ1) is 23.8. The third kappa shape index (κ3) is 4.93. The number of hydrogen-bond donors (Lipinski definition) is 2. The maximum Gasteiger partial charge on any atom is 0.407 e. The molecule has 0 spiro atoms. The van der Waals surface area contributed by atoms with E-state index in [0.717, 1.165) is 47.9 Å². The fourth-order valence-electron chi connectivity index (χ4n) is 5.44. The van der Waals surface area contributed by atoms with Crippen molar-refractivity contribution in [1.82, 2.24) is 10.2 Å². The number of amides is 2. The van der Waals surface area contributed by atoms with Gasteiger partial charge in [0.15, 0.2) is 0 Å². The van der Waals surface area contributed by atoms with Crippen LogP contribution < -0.4 is 5.32 Å². The third-order valence-electron chi connectivity index (χ3n) is 7.15.